The van der Waals surface area contributed by atoms with Gasteiger partial charge in [0.05, 0.1) is 11.5 Å². The zero-order valence-corrected chi connectivity index (χ0v) is 12.6. The average molecular weight is 350 g/mol. The van der Waals surface area contributed by atoms with Gasteiger partial charge >= 0.3 is 0 Å². The summed E-state index contributed by atoms with van der Waals surface area (Å²) in [4.78, 5) is -0.163. The molecule has 1 saturated heterocycles. The van der Waals surface area contributed by atoms with Crippen LogP contribution in [0.4, 0.5) is 5.69 Å². The maximum absolute atomic E-state index is 11.2. The minimum atomic E-state index is -3.88. The number of hydrogen-bond acceptors (Lipinski definition) is 9. The van der Waals surface area contributed by atoms with Crippen LogP contribution in [-0.2, 0) is 14.8 Å². The normalized spacial score (nSPS) is 35.0. The highest BCUT2D eigenvalue weighted by atomic mass is 32.2. The third kappa shape index (κ3) is 3.62. The molecule has 0 radical (unpaired) electrons. The first-order valence-corrected chi connectivity index (χ1v) is 8.09. The molecule has 10 nitrogen and oxygen atoms in total. The Morgan fingerprint density at radius 1 is 1.17 bits per heavy atom. The zero-order valence-electron chi connectivity index (χ0n) is 11.8. The van der Waals surface area contributed by atoms with Crippen LogP contribution in [0.1, 0.15) is 0 Å². The molecule has 0 saturated carbocycles. The van der Waals surface area contributed by atoms with Crippen molar-refractivity contribution in [1.29, 1.82) is 0 Å². The Morgan fingerprint density at radius 3 is 2.22 bits per heavy atom. The molecule has 1 heterocycles. The second-order valence-corrected chi connectivity index (χ2v) is 6.72. The molecule has 0 amide bonds. The number of ether oxygens (including phenoxy) is 1. The van der Waals surface area contributed by atoms with Crippen LogP contribution in [-0.4, -0.2) is 70.9 Å². The summed E-state index contributed by atoms with van der Waals surface area (Å²) < 4.78 is 27.3. The fraction of sp³-hybridized carbons (Fsp3) is 0.500. The molecule has 8 N–H and O–H groups in total. The van der Waals surface area contributed by atoms with E-state index in [0.29, 0.717) is 0 Å². The van der Waals surface area contributed by atoms with Crippen LogP contribution in [0.25, 0.3) is 0 Å². The van der Waals surface area contributed by atoms with Crippen molar-refractivity contribution in [3.63, 3.8) is 0 Å². The molecule has 0 aromatic heterocycles. The van der Waals surface area contributed by atoms with Crippen molar-refractivity contribution in [3.8, 4) is 0 Å². The van der Waals surface area contributed by atoms with E-state index in [0.717, 1.165) is 12.1 Å². The number of sulfonamides is 1. The highest BCUT2D eigenvalue weighted by Crippen LogP contribution is 2.29. The van der Waals surface area contributed by atoms with Gasteiger partial charge in [-0.15, -0.1) is 0 Å². The first-order valence-electron chi connectivity index (χ1n) is 6.55. The highest BCUT2D eigenvalue weighted by Gasteiger charge is 2.53. The van der Waals surface area contributed by atoms with Gasteiger partial charge < -0.3 is 35.6 Å². The van der Waals surface area contributed by atoms with Crippen LogP contribution >= 0.6 is 0 Å². The lowest BCUT2D eigenvalue weighted by Gasteiger charge is -2.45. The zero-order chi connectivity index (χ0) is 17.4. The van der Waals surface area contributed by atoms with Crippen LogP contribution in [0.5, 0.6) is 0 Å². The summed E-state index contributed by atoms with van der Waals surface area (Å²) in [7, 11) is -3.88. The molecule has 11 heteroatoms. The van der Waals surface area contributed by atoms with Crippen LogP contribution in [0, 0.1) is 0 Å². The molecule has 0 spiro atoms. The van der Waals surface area contributed by atoms with Gasteiger partial charge in [-0.2, -0.15) is 0 Å². The molecule has 0 aliphatic carbocycles. The average Bonchev–Trinajstić information content (AvgIpc) is 2.49. The van der Waals surface area contributed by atoms with Crippen LogP contribution in [0.3, 0.4) is 0 Å². The third-order valence-electron chi connectivity index (χ3n) is 3.47. The molecule has 0 bridgehead atoms. The smallest absolute Gasteiger partial charge is 0.277 e. The minimum Gasteiger partial charge on any atom is -0.394 e. The molecule has 23 heavy (non-hydrogen) atoms. The van der Waals surface area contributed by atoms with Crippen LogP contribution in [0.2, 0.25) is 0 Å². The van der Waals surface area contributed by atoms with E-state index in [9.17, 15) is 28.8 Å². The second-order valence-electron chi connectivity index (χ2n) is 5.16. The summed E-state index contributed by atoms with van der Waals surface area (Å²) in [6.07, 6.45) is -6.64. The Kier molecular flexibility index (Phi) is 4.94. The molecule has 0 unspecified atom stereocenters. The number of anilines is 1. The van der Waals surface area contributed by atoms with Crippen molar-refractivity contribution in [2.24, 2.45) is 5.14 Å². The van der Waals surface area contributed by atoms with Gasteiger partial charge in [-0.3, -0.25) is 0 Å². The summed E-state index contributed by atoms with van der Waals surface area (Å²) in [6.45, 7) is -0.709. The summed E-state index contributed by atoms with van der Waals surface area (Å²) in [5.74, 6) is -2.50. The van der Waals surface area contributed by atoms with Gasteiger partial charge in [0.25, 0.3) is 5.91 Å². The van der Waals surface area contributed by atoms with Crippen molar-refractivity contribution < 1.29 is 38.7 Å². The van der Waals surface area contributed by atoms with E-state index in [-0.39, 0.29) is 10.6 Å². The number of rotatable bonds is 4. The molecule has 1 aliphatic heterocycles. The molecule has 1 aromatic carbocycles. The van der Waals surface area contributed by atoms with E-state index in [1.54, 1.807) is 0 Å². The number of nitrogens with two attached hydrogens (primary N) is 1. The highest BCUT2D eigenvalue weighted by molar-refractivity contribution is 7.89. The van der Waals surface area contributed by atoms with E-state index >= 15 is 0 Å². The van der Waals surface area contributed by atoms with Gasteiger partial charge in [-0.1, -0.05) is 0 Å². The summed E-state index contributed by atoms with van der Waals surface area (Å²) >= 11 is 0. The molecular weight excluding hydrogens is 332 g/mol. The first-order chi connectivity index (χ1) is 10.6. The maximum atomic E-state index is 11.2. The second kappa shape index (κ2) is 6.30. The summed E-state index contributed by atoms with van der Waals surface area (Å²) in [6, 6.07) is 4.81. The van der Waals surface area contributed by atoms with Crippen molar-refractivity contribution >= 4 is 15.7 Å². The monoisotopic (exact) mass is 350 g/mol. The van der Waals surface area contributed by atoms with E-state index in [1.807, 2.05) is 0 Å². The standard InChI is InChI=1S/C12H18N2O8S/c13-23(20,21)7-3-1-6(2-4-7)14-12(19)11(18)10(17)9(16)8(5-15)22-12/h1-4,8-11,14-19H,5H2,(H2,13,20,21)/t8-,9+,10-,11-,12-/m1/s1. The van der Waals surface area contributed by atoms with Gasteiger partial charge in [-0.25, -0.2) is 13.6 Å². The SMILES string of the molecule is NS(=O)(=O)c1ccc(N[C@]2(O)O[C@H](CO)[C@H](O)[C@@H](O)[C@H]2O)cc1. The fourth-order valence-electron chi connectivity index (χ4n) is 2.19. The van der Waals surface area contributed by atoms with Crippen LogP contribution < -0.4 is 10.5 Å². The van der Waals surface area contributed by atoms with Gasteiger partial charge in [-0.05, 0) is 24.3 Å². The predicted molar refractivity (Wildman–Crippen MR) is 76.4 cm³/mol. The number of nitrogens with one attached hydrogen (secondary N) is 1. The minimum absolute atomic E-state index is 0.138. The Bertz CT molecular complexity index is 650. The lowest BCUT2D eigenvalue weighted by Crippen LogP contribution is -2.68. The summed E-state index contributed by atoms with van der Waals surface area (Å²) in [5, 5.41) is 55.9. The molecule has 1 aliphatic rings. The largest absolute Gasteiger partial charge is 0.394 e. The Hall–Kier alpha value is -1.31. The van der Waals surface area contributed by atoms with Crippen LogP contribution in [0.15, 0.2) is 29.2 Å². The third-order valence-corrected chi connectivity index (χ3v) is 4.40. The van der Waals surface area contributed by atoms with Crippen molar-refractivity contribution in [3.05, 3.63) is 24.3 Å². The molecule has 2 rings (SSSR count). The van der Waals surface area contributed by atoms with Gasteiger partial charge in [0.15, 0.2) is 6.10 Å². The van der Waals surface area contributed by atoms with E-state index < -0.39 is 47.0 Å². The van der Waals surface area contributed by atoms with Crippen molar-refractivity contribution in [2.75, 3.05) is 11.9 Å². The van der Waals surface area contributed by atoms with Gasteiger partial charge in [0.1, 0.15) is 18.3 Å². The van der Waals surface area contributed by atoms with Crippen molar-refractivity contribution in [2.45, 2.75) is 35.2 Å². The number of hydrogen-bond donors (Lipinski definition) is 7. The number of benzene rings is 1. The molecule has 1 aromatic rings. The molecule has 5 atom stereocenters. The quantitative estimate of drug-likeness (QED) is 0.276. The maximum Gasteiger partial charge on any atom is 0.277 e. The van der Waals surface area contributed by atoms with Gasteiger partial charge in [0, 0.05) is 5.69 Å². The summed E-state index contributed by atoms with van der Waals surface area (Å²) in [5.41, 5.74) is 0.138. The first kappa shape index (κ1) is 18.0. The predicted octanol–water partition coefficient (Wildman–Crippen LogP) is -3.13. The fourth-order valence-corrected chi connectivity index (χ4v) is 2.71. The van der Waals surface area contributed by atoms with E-state index in [2.05, 4.69) is 5.32 Å². The van der Waals surface area contributed by atoms with E-state index in [1.165, 1.54) is 12.1 Å². The van der Waals surface area contributed by atoms with Gasteiger partial charge in [0.2, 0.25) is 10.0 Å². The Morgan fingerprint density at radius 2 is 1.74 bits per heavy atom. The molecule has 130 valence electrons. The topological polar surface area (TPSA) is 183 Å². The lowest BCUT2D eigenvalue weighted by molar-refractivity contribution is -0.336. The molecular formula is C12H18N2O8S. The van der Waals surface area contributed by atoms with Crippen molar-refractivity contribution in [1.82, 2.24) is 0 Å². The number of primary sulfonamides is 1. The molecule has 1 fully saturated rings. The Balaban J connectivity index is 2.23. The van der Waals surface area contributed by atoms with E-state index in [4.69, 9.17) is 15.0 Å². The lowest BCUT2D eigenvalue weighted by atomic mass is 9.96. The number of aliphatic hydroxyl groups is 5. The Labute approximate surface area is 131 Å². The number of aliphatic hydroxyl groups excluding tert-OH is 4.